The smallest absolute Gasteiger partial charge is 0.308 e. The first-order valence-corrected chi connectivity index (χ1v) is 10.8. The van der Waals surface area contributed by atoms with E-state index in [1.165, 1.54) is 5.56 Å². The summed E-state index contributed by atoms with van der Waals surface area (Å²) in [6.45, 7) is 8.56. The molecule has 1 unspecified atom stereocenters. The zero-order chi connectivity index (χ0) is 17.5. The van der Waals surface area contributed by atoms with E-state index in [1.807, 2.05) is 19.9 Å². The minimum atomic E-state index is -3.19. The van der Waals surface area contributed by atoms with E-state index in [1.54, 1.807) is 0 Å². The highest BCUT2D eigenvalue weighted by molar-refractivity contribution is 7.55. The Morgan fingerprint density at radius 2 is 1.79 bits per heavy atom. The Morgan fingerprint density at radius 3 is 2.38 bits per heavy atom. The summed E-state index contributed by atoms with van der Waals surface area (Å²) in [5.41, 5.74) is 1.25. The van der Waals surface area contributed by atoms with Crippen LogP contribution < -0.4 is 0 Å². The quantitative estimate of drug-likeness (QED) is 0.525. The molecule has 0 N–H and O–H groups in total. The van der Waals surface area contributed by atoms with Crippen LogP contribution in [0.3, 0.4) is 0 Å². The van der Waals surface area contributed by atoms with Gasteiger partial charge in [-0.2, -0.15) is 0 Å². The van der Waals surface area contributed by atoms with Gasteiger partial charge >= 0.3 is 7.60 Å². The first-order valence-electron chi connectivity index (χ1n) is 9.30. The summed E-state index contributed by atoms with van der Waals surface area (Å²) in [5, 5.41) is -0.481. The predicted molar refractivity (Wildman–Crippen MR) is 99.2 cm³/mol. The molecule has 136 valence electrons. The lowest BCUT2D eigenvalue weighted by molar-refractivity contribution is 0.117. The number of benzene rings is 1. The van der Waals surface area contributed by atoms with Crippen molar-refractivity contribution in [2.75, 3.05) is 19.8 Å². The number of unbranched alkanes of at least 4 members (excludes halogenated alkanes) is 1. The van der Waals surface area contributed by atoms with Crippen LogP contribution in [0.2, 0.25) is 0 Å². The fraction of sp³-hybridized carbons (Fsp3) is 0.684. The molecule has 1 heterocycles. The molecule has 1 fully saturated rings. The molecule has 24 heavy (non-hydrogen) atoms. The van der Waals surface area contributed by atoms with Crippen molar-refractivity contribution >= 4 is 7.60 Å². The summed E-state index contributed by atoms with van der Waals surface area (Å²) in [5.74, 6) is 0. The van der Waals surface area contributed by atoms with Gasteiger partial charge in [0.15, 0.2) is 0 Å². The van der Waals surface area contributed by atoms with Crippen molar-refractivity contribution < 1.29 is 13.6 Å². The number of rotatable bonds is 10. The van der Waals surface area contributed by atoms with Gasteiger partial charge in [-0.1, -0.05) is 50.1 Å². The fourth-order valence-electron chi connectivity index (χ4n) is 3.76. The molecule has 0 radical (unpaired) electrons. The summed E-state index contributed by atoms with van der Waals surface area (Å²) < 4.78 is 25.4. The Morgan fingerprint density at radius 1 is 1.12 bits per heavy atom. The molecule has 1 saturated heterocycles. The maximum absolute atomic E-state index is 13.8. The van der Waals surface area contributed by atoms with E-state index in [0.717, 1.165) is 45.2 Å². The Hall–Kier alpha value is -0.670. The van der Waals surface area contributed by atoms with Crippen LogP contribution in [-0.2, 0) is 20.2 Å². The van der Waals surface area contributed by atoms with E-state index < -0.39 is 12.9 Å². The molecular formula is C19H32NO3P. The minimum absolute atomic E-state index is 0.421. The van der Waals surface area contributed by atoms with Crippen LogP contribution in [0.1, 0.15) is 58.4 Å². The molecule has 4 nitrogen and oxygen atoms in total. The average Bonchev–Trinajstić information content (AvgIpc) is 2.98. The standard InChI is InChI=1S/C19H32NO3P/c1-4-7-14-19(24(21,22-5-2)23-6-3)15-11-16-20(19)17-18-12-9-8-10-13-18/h8-10,12-13H,4-7,11,14-17H2,1-3H3. The Kier molecular flexibility index (Phi) is 7.49. The molecule has 0 bridgehead atoms. The molecule has 1 atom stereocenters. The van der Waals surface area contributed by atoms with E-state index >= 15 is 0 Å². The van der Waals surface area contributed by atoms with Gasteiger partial charge in [0.25, 0.3) is 0 Å². The second-order valence-corrected chi connectivity index (χ2v) is 8.77. The van der Waals surface area contributed by atoms with Crippen LogP contribution in [0.4, 0.5) is 0 Å². The van der Waals surface area contributed by atoms with Crippen LogP contribution >= 0.6 is 7.60 Å². The Bertz CT molecular complexity index is 527. The van der Waals surface area contributed by atoms with E-state index in [-0.39, 0.29) is 0 Å². The van der Waals surface area contributed by atoms with Crippen molar-refractivity contribution in [1.29, 1.82) is 0 Å². The molecule has 1 aliphatic rings. The molecule has 0 aliphatic carbocycles. The first kappa shape index (κ1) is 19.7. The highest BCUT2D eigenvalue weighted by atomic mass is 31.2. The number of hydrogen-bond acceptors (Lipinski definition) is 4. The molecule has 5 heteroatoms. The highest BCUT2D eigenvalue weighted by Gasteiger charge is 2.56. The lowest BCUT2D eigenvalue weighted by atomic mass is 10.1. The molecule has 2 rings (SSSR count). The second kappa shape index (κ2) is 9.15. The van der Waals surface area contributed by atoms with Crippen molar-refractivity contribution in [2.24, 2.45) is 0 Å². The van der Waals surface area contributed by atoms with Gasteiger partial charge < -0.3 is 9.05 Å². The van der Waals surface area contributed by atoms with Gasteiger partial charge in [0.1, 0.15) is 5.28 Å². The van der Waals surface area contributed by atoms with Crippen molar-refractivity contribution in [3.05, 3.63) is 35.9 Å². The van der Waals surface area contributed by atoms with Gasteiger partial charge in [-0.25, -0.2) is 0 Å². The number of hydrogen-bond donors (Lipinski definition) is 0. The van der Waals surface area contributed by atoms with Crippen molar-refractivity contribution in [3.63, 3.8) is 0 Å². The highest BCUT2D eigenvalue weighted by Crippen LogP contribution is 2.67. The summed E-state index contributed by atoms with van der Waals surface area (Å²) in [7, 11) is -3.19. The molecule has 0 saturated carbocycles. The topological polar surface area (TPSA) is 38.8 Å². The fourth-order valence-corrected chi connectivity index (χ4v) is 6.37. The van der Waals surface area contributed by atoms with E-state index in [2.05, 4.69) is 36.1 Å². The van der Waals surface area contributed by atoms with Gasteiger partial charge in [0, 0.05) is 6.54 Å². The van der Waals surface area contributed by atoms with Gasteiger partial charge in [-0.3, -0.25) is 9.46 Å². The molecule has 1 aromatic rings. The lowest BCUT2D eigenvalue weighted by Gasteiger charge is -2.42. The Labute approximate surface area is 147 Å². The lowest BCUT2D eigenvalue weighted by Crippen LogP contribution is -2.44. The predicted octanol–water partition coefficient (Wildman–Crippen LogP) is 5.44. The zero-order valence-corrected chi connectivity index (χ0v) is 16.3. The van der Waals surface area contributed by atoms with Gasteiger partial charge in [-0.15, -0.1) is 0 Å². The van der Waals surface area contributed by atoms with E-state index in [0.29, 0.717) is 13.2 Å². The normalized spacial score (nSPS) is 22.1. The van der Waals surface area contributed by atoms with Crippen molar-refractivity contribution in [1.82, 2.24) is 4.90 Å². The molecular weight excluding hydrogens is 321 g/mol. The third-order valence-corrected chi connectivity index (χ3v) is 7.79. The number of likely N-dealkylation sites (tertiary alicyclic amines) is 1. The first-order chi connectivity index (χ1) is 11.6. The summed E-state index contributed by atoms with van der Waals surface area (Å²) in [4.78, 5) is 2.37. The average molecular weight is 353 g/mol. The van der Waals surface area contributed by atoms with Crippen molar-refractivity contribution in [2.45, 2.75) is 64.7 Å². The largest absolute Gasteiger partial charge is 0.350 e. The van der Waals surface area contributed by atoms with Crippen molar-refractivity contribution in [3.8, 4) is 0 Å². The van der Waals surface area contributed by atoms with Crippen LogP contribution in [0.25, 0.3) is 0 Å². The summed E-state index contributed by atoms with van der Waals surface area (Å²) in [6, 6.07) is 10.4. The summed E-state index contributed by atoms with van der Waals surface area (Å²) >= 11 is 0. The third-order valence-electron chi connectivity index (χ3n) is 4.85. The second-order valence-electron chi connectivity index (χ2n) is 6.43. The van der Waals surface area contributed by atoms with Crippen LogP contribution in [0.15, 0.2) is 30.3 Å². The maximum atomic E-state index is 13.8. The Balaban J connectivity index is 2.34. The SMILES string of the molecule is CCCCC1(P(=O)(OCC)OCC)CCCN1Cc1ccccc1. The molecule has 1 aromatic carbocycles. The van der Waals surface area contributed by atoms with Gasteiger partial charge in [0.2, 0.25) is 0 Å². The number of nitrogens with zero attached hydrogens (tertiary/aromatic N) is 1. The molecule has 0 amide bonds. The zero-order valence-electron chi connectivity index (χ0n) is 15.4. The third kappa shape index (κ3) is 4.11. The van der Waals surface area contributed by atoms with Crippen LogP contribution in [0.5, 0.6) is 0 Å². The molecule has 1 aliphatic heterocycles. The van der Waals surface area contributed by atoms with Crippen LogP contribution in [-0.4, -0.2) is 29.9 Å². The van der Waals surface area contributed by atoms with Gasteiger partial charge in [-0.05, 0) is 45.2 Å². The maximum Gasteiger partial charge on any atom is 0.350 e. The van der Waals surface area contributed by atoms with Gasteiger partial charge in [0.05, 0.1) is 13.2 Å². The van der Waals surface area contributed by atoms with E-state index in [4.69, 9.17) is 9.05 Å². The monoisotopic (exact) mass is 353 g/mol. The molecule has 0 spiro atoms. The van der Waals surface area contributed by atoms with E-state index in [9.17, 15) is 4.57 Å². The summed E-state index contributed by atoms with van der Waals surface area (Å²) in [6.07, 6.45) is 4.92. The molecule has 0 aromatic heterocycles. The minimum Gasteiger partial charge on any atom is -0.308 e. The van der Waals surface area contributed by atoms with Crippen LogP contribution in [0, 0.1) is 0 Å².